The fourth-order valence-electron chi connectivity index (χ4n) is 2.94. The third-order valence-electron chi connectivity index (χ3n) is 3.89. The van der Waals surface area contributed by atoms with E-state index in [0.29, 0.717) is 5.92 Å². The minimum absolute atomic E-state index is 0.0860. The first-order chi connectivity index (χ1) is 9.58. The molecule has 1 aliphatic carbocycles. The summed E-state index contributed by atoms with van der Waals surface area (Å²) in [6.07, 6.45) is 5.19. The van der Waals surface area contributed by atoms with Crippen LogP contribution in [0, 0.1) is 5.92 Å². The topological polar surface area (TPSA) is 50.7 Å². The van der Waals surface area contributed by atoms with Crippen LogP contribution in [0.2, 0.25) is 0 Å². The van der Waals surface area contributed by atoms with Crippen molar-refractivity contribution in [3.05, 3.63) is 11.3 Å². The molecule has 20 heavy (non-hydrogen) atoms. The lowest BCUT2D eigenvalue weighted by Gasteiger charge is -2.30. The molecule has 4 nitrogen and oxygen atoms in total. The fourth-order valence-corrected chi connectivity index (χ4v) is 2.94. The number of ether oxygens (including phenoxy) is 1. The lowest BCUT2D eigenvalue weighted by atomic mass is 9.81. The van der Waals surface area contributed by atoms with Gasteiger partial charge in [0, 0.05) is 24.3 Å². The lowest BCUT2D eigenvalue weighted by Crippen LogP contribution is -2.29. The average molecular weight is 280 g/mol. The van der Waals surface area contributed by atoms with Gasteiger partial charge in [0.1, 0.15) is 6.10 Å². The summed E-state index contributed by atoms with van der Waals surface area (Å²) < 4.78 is 5.36. The molecule has 0 bridgehead atoms. The second kappa shape index (κ2) is 8.08. The number of esters is 1. The van der Waals surface area contributed by atoms with Crippen molar-refractivity contribution in [1.82, 2.24) is 5.43 Å². The molecule has 0 aromatic rings. The van der Waals surface area contributed by atoms with Crippen LogP contribution < -0.4 is 5.43 Å². The van der Waals surface area contributed by atoms with Gasteiger partial charge >= 0.3 is 5.97 Å². The SMILES string of the molecule is CC.CC(=O)OC1CCCC2C(C)=NNC(C)=C2CC1. The molecule has 0 aromatic carbocycles. The number of hydrogen-bond donors (Lipinski definition) is 1. The van der Waals surface area contributed by atoms with E-state index in [1.807, 2.05) is 13.8 Å². The summed E-state index contributed by atoms with van der Waals surface area (Å²) in [4.78, 5) is 11.0. The molecule has 0 radical (unpaired) electrons. The lowest BCUT2D eigenvalue weighted by molar-refractivity contribution is -0.147. The summed E-state index contributed by atoms with van der Waals surface area (Å²) in [5, 5.41) is 4.36. The molecule has 0 saturated heterocycles. The van der Waals surface area contributed by atoms with Crippen LogP contribution in [-0.2, 0) is 9.53 Å². The number of nitrogens with zero attached hydrogens (tertiary/aromatic N) is 1. The normalized spacial score (nSPS) is 25.9. The van der Waals surface area contributed by atoms with Crippen molar-refractivity contribution in [2.75, 3.05) is 0 Å². The highest BCUT2D eigenvalue weighted by atomic mass is 16.5. The van der Waals surface area contributed by atoms with Crippen molar-refractivity contribution >= 4 is 11.7 Å². The molecular formula is C16H28N2O2. The van der Waals surface area contributed by atoms with Gasteiger partial charge in [0.05, 0.1) is 0 Å². The zero-order valence-electron chi connectivity index (χ0n) is 13.5. The Morgan fingerprint density at radius 1 is 1.25 bits per heavy atom. The maximum atomic E-state index is 11.0. The van der Waals surface area contributed by atoms with Crippen LogP contribution in [0.15, 0.2) is 16.4 Å². The molecule has 1 aliphatic heterocycles. The Hall–Kier alpha value is -1.32. The molecule has 2 unspecified atom stereocenters. The molecule has 0 aromatic heterocycles. The highest BCUT2D eigenvalue weighted by Gasteiger charge is 2.27. The molecule has 2 rings (SSSR count). The van der Waals surface area contributed by atoms with Crippen molar-refractivity contribution in [3.63, 3.8) is 0 Å². The highest BCUT2D eigenvalue weighted by Crippen LogP contribution is 2.32. The zero-order valence-corrected chi connectivity index (χ0v) is 13.5. The van der Waals surface area contributed by atoms with Crippen LogP contribution in [-0.4, -0.2) is 17.8 Å². The number of carbonyl (C=O) groups excluding carboxylic acids is 1. The predicted octanol–water partition coefficient (Wildman–Crippen LogP) is 3.78. The number of hydrazone groups is 1. The monoisotopic (exact) mass is 280 g/mol. The van der Waals surface area contributed by atoms with Crippen molar-refractivity contribution in [2.45, 2.75) is 72.8 Å². The van der Waals surface area contributed by atoms with Crippen LogP contribution in [0.1, 0.15) is 66.7 Å². The number of carbonyl (C=O) groups is 1. The molecule has 1 N–H and O–H groups in total. The average Bonchev–Trinajstić information content (AvgIpc) is 2.39. The van der Waals surface area contributed by atoms with Gasteiger partial charge in [0.2, 0.25) is 0 Å². The molecular weight excluding hydrogens is 252 g/mol. The van der Waals surface area contributed by atoms with Crippen molar-refractivity contribution in [1.29, 1.82) is 0 Å². The van der Waals surface area contributed by atoms with E-state index in [9.17, 15) is 4.79 Å². The Labute approximate surface area is 122 Å². The van der Waals surface area contributed by atoms with Gasteiger partial charge in [0.15, 0.2) is 0 Å². The van der Waals surface area contributed by atoms with E-state index in [-0.39, 0.29) is 12.1 Å². The molecule has 4 heteroatoms. The Morgan fingerprint density at radius 2 is 1.95 bits per heavy atom. The van der Waals surface area contributed by atoms with Gasteiger partial charge in [-0.2, -0.15) is 5.10 Å². The van der Waals surface area contributed by atoms with Gasteiger partial charge in [-0.25, -0.2) is 0 Å². The zero-order chi connectivity index (χ0) is 15.1. The van der Waals surface area contributed by atoms with Gasteiger partial charge in [-0.05, 0) is 51.5 Å². The summed E-state index contributed by atoms with van der Waals surface area (Å²) in [6, 6.07) is 0. The molecule has 1 heterocycles. The predicted molar refractivity (Wildman–Crippen MR) is 82.4 cm³/mol. The summed E-state index contributed by atoms with van der Waals surface area (Å²) in [5.74, 6) is 0.326. The number of hydrogen-bond acceptors (Lipinski definition) is 4. The first-order valence-corrected chi connectivity index (χ1v) is 7.75. The van der Waals surface area contributed by atoms with Crippen LogP contribution in [0.3, 0.4) is 0 Å². The fraction of sp³-hybridized carbons (Fsp3) is 0.750. The molecule has 1 saturated carbocycles. The number of allylic oxidation sites excluding steroid dienone is 2. The second-order valence-electron chi connectivity index (χ2n) is 5.27. The Morgan fingerprint density at radius 3 is 2.60 bits per heavy atom. The van der Waals surface area contributed by atoms with Gasteiger partial charge in [0.25, 0.3) is 0 Å². The minimum atomic E-state index is -0.165. The van der Waals surface area contributed by atoms with E-state index >= 15 is 0 Å². The molecule has 2 atom stereocenters. The largest absolute Gasteiger partial charge is 0.463 e. The second-order valence-corrected chi connectivity index (χ2v) is 5.27. The van der Waals surface area contributed by atoms with Crippen LogP contribution >= 0.6 is 0 Å². The van der Waals surface area contributed by atoms with Crippen LogP contribution in [0.25, 0.3) is 0 Å². The van der Waals surface area contributed by atoms with Crippen LogP contribution in [0.4, 0.5) is 0 Å². The van der Waals surface area contributed by atoms with Gasteiger partial charge in [-0.3, -0.25) is 10.2 Å². The first-order valence-electron chi connectivity index (χ1n) is 7.75. The summed E-state index contributed by atoms with van der Waals surface area (Å²) in [5.41, 5.74) is 6.90. The van der Waals surface area contributed by atoms with Gasteiger partial charge in [-0.1, -0.05) is 13.8 Å². The quantitative estimate of drug-likeness (QED) is 0.744. The third-order valence-corrected chi connectivity index (χ3v) is 3.89. The number of fused-ring (bicyclic) bond motifs is 1. The molecule has 2 aliphatic rings. The van der Waals surface area contributed by atoms with E-state index in [1.54, 1.807) is 0 Å². The maximum absolute atomic E-state index is 11.0. The Kier molecular flexibility index (Phi) is 6.76. The first kappa shape index (κ1) is 16.7. The van der Waals surface area contributed by atoms with Gasteiger partial charge < -0.3 is 4.74 Å². The standard InChI is InChI=1S/C14H22N2O2.C2H6/c1-9-13-6-4-5-12(18-11(3)17)7-8-14(13)10(2)16-15-9;1-2/h12-13,16H,4-8H2,1-3H3;1-2H3. The van der Waals surface area contributed by atoms with Crippen LogP contribution in [0.5, 0.6) is 0 Å². The summed E-state index contributed by atoms with van der Waals surface area (Å²) in [7, 11) is 0. The molecule has 114 valence electrons. The van der Waals surface area contributed by atoms with E-state index in [0.717, 1.165) is 32.1 Å². The maximum Gasteiger partial charge on any atom is 0.302 e. The highest BCUT2D eigenvalue weighted by molar-refractivity contribution is 5.87. The van der Waals surface area contributed by atoms with Crippen molar-refractivity contribution in [2.24, 2.45) is 11.0 Å². The van der Waals surface area contributed by atoms with Gasteiger partial charge in [-0.15, -0.1) is 0 Å². The number of rotatable bonds is 1. The summed E-state index contributed by atoms with van der Waals surface area (Å²) in [6.45, 7) is 9.67. The third kappa shape index (κ3) is 4.36. The molecule has 0 amide bonds. The van der Waals surface area contributed by atoms with E-state index in [1.165, 1.54) is 23.9 Å². The van der Waals surface area contributed by atoms with E-state index < -0.39 is 0 Å². The molecule has 1 fully saturated rings. The Bertz CT molecular complexity index is 399. The smallest absolute Gasteiger partial charge is 0.302 e. The van der Waals surface area contributed by atoms with Crippen molar-refractivity contribution < 1.29 is 9.53 Å². The minimum Gasteiger partial charge on any atom is -0.463 e. The van der Waals surface area contributed by atoms with E-state index in [2.05, 4.69) is 24.4 Å². The molecule has 0 spiro atoms. The number of nitrogens with one attached hydrogen (secondary N) is 1. The van der Waals surface area contributed by atoms with Crippen molar-refractivity contribution in [3.8, 4) is 0 Å². The summed E-state index contributed by atoms with van der Waals surface area (Å²) >= 11 is 0. The van der Waals surface area contributed by atoms with E-state index in [4.69, 9.17) is 4.74 Å². The Balaban J connectivity index is 0.000000956.